The van der Waals surface area contributed by atoms with Gasteiger partial charge in [0.05, 0.1) is 11.5 Å². The topological polar surface area (TPSA) is 70.7 Å². The van der Waals surface area contributed by atoms with E-state index in [-0.39, 0.29) is 4.90 Å². The number of hydrogen-bond acceptors (Lipinski definition) is 4. The Kier molecular flexibility index (Phi) is 8.18. The number of rotatable bonds is 9. The molecule has 0 aliphatic rings. The molecule has 2 aromatic carbocycles. The van der Waals surface area contributed by atoms with Crippen molar-refractivity contribution in [2.75, 3.05) is 32.6 Å². The molecule has 0 amide bonds. The Hall–Kier alpha value is -2.00. The van der Waals surface area contributed by atoms with Gasteiger partial charge in [-0.05, 0) is 42.4 Å². The second kappa shape index (κ2) is 10.4. The number of nitrogens with one attached hydrogen (secondary N) is 2. The first-order valence-electron chi connectivity index (χ1n) is 8.59. The van der Waals surface area contributed by atoms with E-state index in [0.717, 1.165) is 12.0 Å². The second-order valence-corrected chi connectivity index (χ2v) is 8.65. The van der Waals surface area contributed by atoms with Crippen LogP contribution in [0.3, 0.4) is 0 Å². The Morgan fingerprint density at radius 3 is 2.56 bits per heavy atom. The average Bonchev–Trinajstić information content (AvgIpc) is 2.65. The first-order valence-corrected chi connectivity index (χ1v) is 10.4. The lowest BCUT2D eigenvalue weighted by molar-refractivity contribution is 0.119. The van der Waals surface area contributed by atoms with Gasteiger partial charge in [0.25, 0.3) is 0 Å². The van der Waals surface area contributed by atoms with Crippen LogP contribution in [0.1, 0.15) is 12.0 Å². The van der Waals surface area contributed by atoms with E-state index in [0.29, 0.717) is 30.6 Å². The lowest BCUT2D eigenvalue weighted by Crippen LogP contribution is -2.30. The number of hydrogen-bond donors (Lipinski definition) is 2. The first-order chi connectivity index (χ1) is 12.9. The minimum absolute atomic E-state index is 0.217. The molecular formula is C19H25N3O3S2. The summed E-state index contributed by atoms with van der Waals surface area (Å²) in [6.07, 6.45) is 0.809. The van der Waals surface area contributed by atoms with Crippen molar-refractivity contribution in [2.24, 2.45) is 0 Å². The molecule has 0 saturated heterocycles. The minimum atomic E-state index is -3.47. The number of benzene rings is 2. The van der Waals surface area contributed by atoms with Gasteiger partial charge in [-0.25, -0.2) is 12.7 Å². The summed E-state index contributed by atoms with van der Waals surface area (Å²) in [5.74, 6) is 0. The Morgan fingerprint density at radius 1 is 1.11 bits per heavy atom. The highest BCUT2D eigenvalue weighted by Crippen LogP contribution is 2.17. The smallest absolute Gasteiger partial charge is 0.242 e. The van der Waals surface area contributed by atoms with Crippen LogP contribution in [-0.2, 0) is 21.4 Å². The van der Waals surface area contributed by atoms with Gasteiger partial charge < -0.3 is 15.4 Å². The highest BCUT2D eigenvalue weighted by atomic mass is 32.2. The molecule has 0 unspecified atom stereocenters. The van der Waals surface area contributed by atoms with Gasteiger partial charge in [0, 0.05) is 32.9 Å². The molecule has 0 saturated carbocycles. The van der Waals surface area contributed by atoms with Gasteiger partial charge >= 0.3 is 0 Å². The molecule has 8 heteroatoms. The maximum atomic E-state index is 12.2. The molecule has 0 aromatic heterocycles. The number of ether oxygens (including phenoxy) is 1. The first kappa shape index (κ1) is 21.3. The lowest BCUT2D eigenvalue weighted by atomic mass is 10.2. The van der Waals surface area contributed by atoms with E-state index in [1.54, 1.807) is 24.3 Å². The minimum Gasteiger partial charge on any atom is -0.377 e. The zero-order valence-electron chi connectivity index (χ0n) is 15.5. The molecule has 0 aliphatic carbocycles. The molecule has 0 spiro atoms. The highest BCUT2D eigenvalue weighted by molar-refractivity contribution is 7.89. The third kappa shape index (κ3) is 6.91. The number of sulfonamides is 1. The highest BCUT2D eigenvalue weighted by Gasteiger charge is 2.17. The molecule has 0 atom stereocenters. The third-order valence-corrected chi connectivity index (χ3v) is 5.79. The molecular weight excluding hydrogens is 382 g/mol. The largest absolute Gasteiger partial charge is 0.377 e. The molecule has 0 bridgehead atoms. The quantitative estimate of drug-likeness (QED) is 0.492. The van der Waals surface area contributed by atoms with Gasteiger partial charge in [0.2, 0.25) is 10.0 Å². The van der Waals surface area contributed by atoms with Crippen molar-refractivity contribution in [1.29, 1.82) is 0 Å². The third-order valence-electron chi connectivity index (χ3n) is 3.73. The van der Waals surface area contributed by atoms with Crippen LogP contribution in [0.4, 0.5) is 5.69 Å². The van der Waals surface area contributed by atoms with Crippen LogP contribution >= 0.6 is 12.2 Å². The summed E-state index contributed by atoms with van der Waals surface area (Å²) in [6.45, 7) is 1.88. The van der Waals surface area contributed by atoms with Crippen molar-refractivity contribution in [3.8, 4) is 0 Å². The summed E-state index contributed by atoms with van der Waals surface area (Å²) < 4.78 is 31.2. The van der Waals surface area contributed by atoms with Crippen LogP contribution in [0.5, 0.6) is 0 Å². The normalized spacial score (nSPS) is 11.4. The maximum absolute atomic E-state index is 12.2. The molecule has 0 heterocycles. The summed E-state index contributed by atoms with van der Waals surface area (Å²) >= 11 is 5.26. The van der Waals surface area contributed by atoms with Crippen molar-refractivity contribution in [2.45, 2.75) is 17.9 Å². The average molecular weight is 408 g/mol. The van der Waals surface area contributed by atoms with E-state index in [1.807, 2.05) is 30.3 Å². The van der Waals surface area contributed by atoms with E-state index in [4.69, 9.17) is 17.0 Å². The van der Waals surface area contributed by atoms with E-state index < -0.39 is 10.0 Å². The van der Waals surface area contributed by atoms with Crippen molar-refractivity contribution in [3.05, 3.63) is 60.2 Å². The van der Waals surface area contributed by atoms with E-state index in [9.17, 15) is 8.42 Å². The predicted molar refractivity (Wildman–Crippen MR) is 112 cm³/mol. The summed E-state index contributed by atoms with van der Waals surface area (Å²) in [5.41, 5.74) is 1.77. The van der Waals surface area contributed by atoms with Crippen molar-refractivity contribution >= 4 is 33.0 Å². The number of thiocarbonyl (C=S) groups is 1. The fourth-order valence-electron chi connectivity index (χ4n) is 2.26. The molecule has 6 nitrogen and oxygen atoms in total. The molecule has 0 radical (unpaired) electrons. The molecule has 27 heavy (non-hydrogen) atoms. The van der Waals surface area contributed by atoms with Crippen LogP contribution in [-0.4, -0.2) is 45.1 Å². The monoisotopic (exact) mass is 407 g/mol. The van der Waals surface area contributed by atoms with E-state index in [2.05, 4.69) is 10.6 Å². The number of nitrogens with zero attached hydrogens (tertiary/aromatic N) is 1. The number of anilines is 1. The molecule has 2 aromatic rings. The standard InChI is InChI=1S/C19H25N3O3S2/c1-22(2)27(23,24)18-11-6-10-17(14-18)21-19(26)20-12-7-13-25-15-16-8-4-3-5-9-16/h3-6,8-11,14H,7,12-13,15H2,1-2H3,(H2,20,21,26). The van der Waals surface area contributed by atoms with Gasteiger partial charge in [-0.1, -0.05) is 36.4 Å². The predicted octanol–water partition coefficient (Wildman–Crippen LogP) is 2.83. The zero-order valence-corrected chi connectivity index (χ0v) is 17.1. The van der Waals surface area contributed by atoms with Crippen LogP contribution in [0.25, 0.3) is 0 Å². The molecule has 146 valence electrons. The van der Waals surface area contributed by atoms with Gasteiger partial charge in [-0.2, -0.15) is 0 Å². The summed E-state index contributed by atoms with van der Waals surface area (Å²) in [5, 5.41) is 6.54. The van der Waals surface area contributed by atoms with Gasteiger partial charge in [-0.3, -0.25) is 0 Å². The van der Waals surface area contributed by atoms with Crippen molar-refractivity contribution in [1.82, 2.24) is 9.62 Å². The van der Waals surface area contributed by atoms with Crippen LogP contribution < -0.4 is 10.6 Å². The molecule has 2 rings (SSSR count). The summed E-state index contributed by atoms with van der Waals surface area (Å²) in [7, 11) is -0.469. The fraction of sp³-hybridized carbons (Fsp3) is 0.316. The van der Waals surface area contributed by atoms with Crippen LogP contribution in [0, 0.1) is 0 Å². The van der Waals surface area contributed by atoms with Crippen molar-refractivity contribution in [3.63, 3.8) is 0 Å². The molecule has 0 aliphatic heterocycles. The van der Waals surface area contributed by atoms with Gasteiger partial charge in [0.15, 0.2) is 5.11 Å². The Bertz CT molecular complexity index is 840. The Balaban J connectivity index is 1.71. The van der Waals surface area contributed by atoms with Gasteiger partial charge in [0.1, 0.15) is 0 Å². The second-order valence-electron chi connectivity index (χ2n) is 6.09. The van der Waals surface area contributed by atoms with Crippen LogP contribution in [0.2, 0.25) is 0 Å². The van der Waals surface area contributed by atoms with E-state index >= 15 is 0 Å². The Morgan fingerprint density at radius 2 is 1.85 bits per heavy atom. The lowest BCUT2D eigenvalue weighted by Gasteiger charge is -2.14. The van der Waals surface area contributed by atoms with Crippen molar-refractivity contribution < 1.29 is 13.2 Å². The maximum Gasteiger partial charge on any atom is 0.242 e. The fourth-order valence-corrected chi connectivity index (χ4v) is 3.43. The van der Waals surface area contributed by atoms with Crippen LogP contribution in [0.15, 0.2) is 59.5 Å². The molecule has 2 N–H and O–H groups in total. The SMILES string of the molecule is CN(C)S(=O)(=O)c1cccc(NC(=S)NCCCOCc2ccccc2)c1. The summed E-state index contributed by atoms with van der Waals surface area (Å²) in [4.78, 5) is 0.217. The van der Waals surface area contributed by atoms with E-state index in [1.165, 1.54) is 18.4 Å². The zero-order chi connectivity index (χ0) is 19.7. The molecule has 0 fully saturated rings. The Labute approximate surface area is 166 Å². The summed E-state index contributed by atoms with van der Waals surface area (Å²) in [6, 6.07) is 16.6. The van der Waals surface area contributed by atoms with Gasteiger partial charge in [-0.15, -0.1) is 0 Å².